The van der Waals surface area contributed by atoms with Gasteiger partial charge in [0.1, 0.15) is 11.2 Å². The number of H-pyrrole nitrogens is 1. The lowest BCUT2D eigenvalue weighted by Gasteiger charge is -2.35. The molecule has 0 radical (unpaired) electrons. The molecule has 0 unspecified atom stereocenters. The molecule has 0 amide bonds. The van der Waals surface area contributed by atoms with Crippen molar-refractivity contribution in [3.8, 4) is 0 Å². The van der Waals surface area contributed by atoms with Crippen molar-refractivity contribution >= 4 is 11.0 Å². The Morgan fingerprint density at radius 2 is 1.89 bits per heavy atom. The average Bonchev–Trinajstić information content (AvgIpc) is 3.06. The van der Waals surface area contributed by atoms with Gasteiger partial charge >= 0.3 is 0 Å². The fourth-order valence-corrected chi connectivity index (χ4v) is 4.44. The van der Waals surface area contributed by atoms with Crippen molar-refractivity contribution in [3.05, 3.63) is 52.5 Å². The van der Waals surface area contributed by atoms with Gasteiger partial charge in [0.15, 0.2) is 5.65 Å². The summed E-state index contributed by atoms with van der Waals surface area (Å²) in [6.07, 6.45) is 5.58. The summed E-state index contributed by atoms with van der Waals surface area (Å²) in [4.78, 5) is 24.7. The first kappa shape index (κ1) is 17.5. The third-order valence-electron chi connectivity index (χ3n) is 6.21. The molecule has 3 aromatic rings. The topological polar surface area (TPSA) is 76.5 Å². The molecule has 2 atom stereocenters. The molecular weight excluding hydrogens is 364 g/mol. The molecule has 0 aliphatic heterocycles. The van der Waals surface area contributed by atoms with Gasteiger partial charge in [-0.05, 0) is 37.8 Å². The van der Waals surface area contributed by atoms with Gasteiger partial charge in [0.05, 0.1) is 12.2 Å². The largest absolute Gasteiger partial charge is 0.310 e. The van der Waals surface area contributed by atoms with E-state index in [1.165, 1.54) is 6.20 Å². The standard InChI is InChI=1S/C20H21F2N5O/c21-20(22)8-6-12(7-9-20)27-18-15(11-24-27)19(28)26-17(25-18)14-5-4-13(14)16-3-1-2-10-23-16/h1-3,10-14H,4-9H2,(H,25,26,28)/t13-,14-/m1/s1. The van der Waals surface area contributed by atoms with E-state index in [0.717, 1.165) is 18.5 Å². The summed E-state index contributed by atoms with van der Waals surface area (Å²) in [7, 11) is 0. The van der Waals surface area contributed by atoms with E-state index in [1.807, 2.05) is 18.2 Å². The maximum absolute atomic E-state index is 13.5. The monoisotopic (exact) mass is 385 g/mol. The molecule has 2 fully saturated rings. The predicted molar refractivity (Wildman–Crippen MR) is 99.6 cm³/mol. The van der Waals surface area contributed by atoms with E-state index in [1.54, 1.807) is 10.9 Å². The number of rotatable bonds is 3. The Hall–Kier alpha value is -2.64. The summed E-state index contributed by atoms with van der Waals surface area (Å²) < 4.78 is 28.7. The molecule has 1 N–H and O–H groups in total. The molecule has 3 aromatic heterocycles. The summed E-state index contributed by atoms with van der Waals surface area (Å²) in [5.41, 5.74) is 1.28. The van der Waals surface area contributed by atoms with Crippen molar-refractivity contribution in [2.75, 3.05) is 0 Å². The minimum absolute atomic E-state index is 0.103. The Kier molecular flexibility index (Phi) is 4.03. The second-order valence-electron chi connectivity index (χ2n) is 7.91. The first-order valence-electron chi connectivity index (χ1n) is 9.78. The van der Waals surface area contributed by atoms with Crippen LogP contribution in [0.2, 0.25) is 0 Å². The van der Waals surface area contributed by atoms with Crippen LogP contribution in [0.15, 0.2) is 35.4 Å². The van der Waals surface area contributed by atoms with Crippen LogP contribution >= 0.6 is 0 Å². The summed E-state index contributed by atoms with van der Waals surface area (Å²) in [5.74, 6) is -1.63. The highest BCUT2D eigenvalue weighted by Gasteiger charge is 2.38. The SMILES string of the molecule is O=c1[nH]c([C@@H]2CC[C@H]2c2ccccn2)nc2c1cnn2C1CCC(F)(F)CC1. The number of alkyl halides is 2. The molecule has 0 saturated heterocycles. The van der Waals surface area contributed by atoms with Crippen molar-refractivity contribution in [1.82, 2.24) is 24.7 Å². The Labute approximate surface area is 160 Å². The zero-order chi connectivity index (χ0) is 19.3. The van der Waals surface area contributed by atoms with E-state index in [2.05, 4.69) is 15.1 Å². The molecule has 0 bridgehead atoms. The van der Waals surface area contributed by atoms with Crippen LogP contribution in [-0.4, -0.2) is 30.7 Å². The van der Waals surface area contributed by atoms with E-state index in [-0.39, 0.29) is 36.3 Å². The Balaban J connectivity index is 1.49. The maximum atomic E-state index is 13.5. The lowest BCUT2D eigenvalue weighted by atomic mass is 9.71. The van der Waals surface area contributed by atoms with Crippen LogP contribution in [0.4, 0.5) is 8.78 Å². The highest BCUT2D eigenvalue weighted by Crippen LogP contribution is 2.47. The lowest BCUT2D eigenvalue weighted by molar-refractivity contribution is -0.0446. The van der Waals surface area contributed by atoms with Gasteiger partial charge in [-0.2, -0.15) is 5.10 Å². The van der Waals surface area contributed by atoms with Gasteiger partial charge in [0.2, 0.25) is 5.92 Å². The van der Waals surface area contributed by atoms with Crippen LogP contribution in [0.3, 0.4) is 0 Å². The van der Waals surface area contributed by atoms with E-state index < -0.39 is 5.92 Å². The van der Waals surface area contributed by atoms with Crippen molar-refractivity contribution in [1.29, 1.82) is 0 Å². The highest BCUT2D eigenvalue weighted by molar-refractivity contribution is 5.73. The molecule has 0 spiro atoms. The normalized spacial score (nSPS) is 24.9. The number of aromatic nitrogens is 5. The molecule has 2 aliphatic carbocycles. The van der Waals surface area contributed by atoms with Gasteiger partial charge in [0, 0.05) is 36.6 Å². The number of halogens is 2. The first-order valence-corrected chi connectivity index (χ1v) is 9.78. The third kappa shape index (κ3) is 2.91. The number of hydrogen-bond acceptors (Lipinski definition) is 4. The summed E-state index contributed by atoms with van der Waals surface area (Å²) in [6.45, 7) is 0. The van der Waals surface area contributed by atoms with Crippen LogP contribution in [0.25, 0.3) is 11.0 Å². The van der Waals surface area contributed by atoms with Gasteiger partial charge in [0.25, 0.3) is 5.56 Å². The predicted octanol–water partition coefficient (Wildman–Crippen LogP) is 3.93. The lowest BCUT2D eigenvalue weighted by Crippen LogP contribution is -2.28. The molecule has 8 heteroatoms. The number of aromatic amines is 1. The summed E-state index contributed by atoms with van der Waals surface area (Å²) in [6, 6.07) is 5.70. The van der Waals surface area contributed by atoms with Gasteiger partial charge < -0.3 is 4.98 Å². The van der Waals surface area contributed by atoms with Gasteiger partial charge in [-0.3, -0.25) is 9.78 Å². The highest BCUT2D eigenvalue weighted by atomic mass is 19.3. The molecule has 28 heavy (non-hydrogen) atoms. The van der Waals surface area contributed by atoms with Crippen molar-refractivity contribution in [3.63, 3.8) is 0 Å². The van der Waals surface area contributed by atoms with Gasteiger partial charge in [-0.15, -0.1) is 0 Å². The van der Waals surface area contributed by atoms with Crippen LogP contribution in [0, 0.1) is 0 Å². The van der Waals surface area contributed by atoms with Crippen molar-refractivity contribution in [2.24, 2.45) is 0 Å². The fraction of sp³-hybridized carbons (Fsp3) is 0.500. The smallest absolute Gasteiger partial charge is 0.262 e. The van der Waals surface area contributed by atoms with Gasteiger partial charge in [-0.1, -0.05) is 6.07 Å². The quantitative estimate of drug-likeness (QED) is 0.741. The van der Waals surface area contributed by atoms with E-state index in [0.29, 0.717) is 29.7 Å². The Morgan fingerprint density at radius 3 is 2.57 bits per heavy atom. The molecule has 6 nitrogen and oxygen atoms in total. The molecule has 2 saturated carbocycles. The second kappa shape index (κ2) is 6.46. The number of pyridine rings is 1. The van der Waals surface area contributed by atoms with Crippen LogP contribution in [0.5, 0.6) is 0 Å². The molecule has 146 valence electrons. The molecule has 0 aromatic carbocycles. The van der Waals surface area contributed by atoms with Crippen LogP contribution < -0.4 is 5.56 Å². The van der Waals surface area contributed by atoms with Gasteiger partial charge in [-0.25, -0.2) is 18.4 Å². The minimum Gasteiger partial charge on any atom is -0.310 e. The van der Waals surface area contributed by atoms with E-state index >= 15 is 0 Å². The van der Waals surface area contributed by atoms with Crippen LogP contribution in [-0.2, 0) is 0 Å². The third-order valence-corrected chi connectivity index (χ3v) is 6.21. The number of nitrogens with zero attached hydrogens (tertiary/aromatic N) is 4. The zero-order valence-corrected chi connectivity index (χ0v) is 15.3. The molecule has 3 heterocycles. The Bertz CT molecular complexity index is 1050. The van der Waals surface area contributed by atoms with Crippen molar-refractivity contribution < 1.29 is 8.78 Å². The number of nitrogens with one attached hydrogen (secondary N) is 1. The number of fused-ring (bicyclic) bond motifs is 1. The summed E-state index contributed by atoms with van der Waals surface area (Å²) in [5, 5.41) is 4.74. The molecular formula is C20H21F2N5O. The van der Waals surface area contributed by atoms with E-state index in [4.69, 9.17) is 4.98 Å². The first-order chi connectivity index (χ1) is 13.5. The minimum atomic E-state index is -2.60. The molecule has 2 aliphatic rings. The van der Waals surface area contributed by atoms with E-state index in [9.17, 15) is 13.6 Å². The zero-order valence-electron chi connectivity index (χ0n) is 15.3. The maximum Gasteiger partial charge on any atom is 0.262 e. The molecule has 5 rings (SSSR count). The summed E-state index contributed by atoms with van der Waals surface area (Å²) >= 11 is 0. The van der Waals surface area contributed by atoms with Crippen LogP contribution in [0.1, 0.15) is 67.9 Å². The number of hydrogen-bond donors (Lipinski definition) is 1. The fourth-order valence-electron chi connectivity index (χ4n) is 4.44. The average molecular weight is 385 g/mol. The second-order valence-corrected chi connectivity index (χ2v) is 7.91. The van der Waals surface area contributed by atoms with Crippen molar-refractivity contribution in [2.45, 2.75) is 62.3 Å². The Morgan fingerprint density at radius 1 is 1.11 bits per heavy atom.